The summed E-state index contributed by atoms with van der Waals surface area (Å²) in [5.74, 6) is 1.34. The number of halogens is 1. The summed E-state index contributed by atoms with van der Waals surface area (Å²) in [4.78, 5) is 13.7. The number of hydrogen-bond donors (Lipinski definition) is 1. The average Bonchev–Trinajstić information content (AvgIpc) is 3.21. The molecule has 0 radical (unpaired) electrons. The van der Waals surface area contributed by atoms with Crippen molar-refractivity contribution >= 4 is 46.3 Å². The molecular weight excluding hydrogens is 434 g/mol. The number of benzene rings is 3. The minimum Gasteiger partial charge on any atom is -0.457 e. The highest BCUT2D eigenvalue weighted by Crippen LogP contribution is 2.37. The molecule has 0 fully saturated rings. The standard InChI is InChI=1S/C24H18ClNO2S2/c1-29-22-15-21(16-7-9-17(25)10-8-16)23(30-22)24(27)26-18-11-13-20(14-12-18)28-19-5-3-2-4-6-19/h2-15H,1H3,(H,26,27). The van der Waals surface area contributed by atoms with Crippen LogP contribution in [0.15, 0.2) is 89.1 Å². The van der Waals surface area contributed by atoms with Crippen LogP contribution in [0, 0.1) is 0 Å². The fraction of sp³-hybridized carbons (Fsp3) is 0.0417. The van der Waals surface area contributed by atoms with E-state index in [4.69, 9.17) is 16.3 Å². The zero-order valence-electron chi connectivity index (χ0n) is 16.1. The fourth-order valence-corrected chi connectivity index (χ4v) is 4.65. The first kappa shape index (κ1) is 20.5. The average molecular weight is 452 g/mol. The summed E-state index contributed by atoms with van der Waals surface area (Å²) in [7, 11) is 0. The van der Waals surface area contributed by atoms with Crippen LogP contribution in [0.2, 0.25) is 5.02 Å². The molecule has 6 heteroatoms. The second-order valence-electron chi connectivity index (χ2n) is 6.41. The van der Waals surface area contributed by atoms with Crippen LogP contribution in [-0.4, -0.2) is 12.2 Å². The van der Waals surface area contributed by atoms with Crippen LogP contribution in [0.3, 0.4) is 0 Å². The third-order valence-corrected chi connectivity index (χ3v) is 6.81. The molecule has 0 atom stereocenters. The van der Waals surface area contributed by atoms with Gasteiger partial charge in [-0.2, -0.15) is 0 Å². The van der Waals surface area contributed by atoms with Gasteiger partial charge in [0.15, 0.2) is 0 Å². The normalized spacial score (nSPS) is 10.6. The van der Waals surface area contributed by atoms with Gasteiger partial charge in [0.05, 0.1) is 4.21 Å². The Morgan fingerprint density at radius 1 is 0.933 bits per heavy atom. The molecule has 4 rings (SSSR count). The Hall–Kier alpha value is -2.73. The predicted octanol–water partition coefficient (Wildman–Crippen LogP) is 7.84. The highest BCUT2D eigenvalue weighted by molar-refractivity contribution is 8.00. The number of hydrogen-bond acceptors (Lipinski definition) is 4. The molecule has 1 aromatic heterocycles. The lowest BCUT2D eigenvalue weighted by Crippen LogP contribution is -2.11. The van der Waals surface area contributed by atoms with Gasteiger partial charge in [-0.15, -0.1) is 23.1 Å². The van der Waals surface area contributed by atoms with Gasteiger partial charge in [-0.3, -0.25) is 4.79 Å². The molecule has 1 N–H and O–H groups in total. The summed E-state index contributed by atoms with van der Waals surface area (Å²) in [6.45, 7) is 0. The second kappa shape index (κ2) is 9.39. The van der Waals surface area contributed by atoms with E-state index in [1.807, 2.05) is 91.2 Å². The first-order chi connectivity index (χ1) is 14.6. The zero-order valence-corrected chi connectivity index (χ0v) is 18.5. The van der Waals surface area contributed by atoms with Gasteiger partial charge in [0.2, 0.25) is 0 Å². The molecule has 0 aliphatic heterocycles. The molecule has 0 unspecified atom stereocenters. The molecule has 3 nitrogen and oxygen atoms in total. The topological polar surface area (TPSA) is 38.3 Å². The quantitative estimate of drug-likeness (QED) is 0.303. The number of thiophene rings is 1. The molecule has 1 amide bonds. The van der Waals surface area contributed by atoms with Gasteiger partial charge in [0.25, 0.3) is 5.91 Å². The first-order valence-corrected chi connectivity index (χ1v) is 11.6. The van der Waals surface area contributed by atoms with Crippen molar-refractivity contribution in [1.82, 2.24) is 0 Å². The summed E-state index contributed by atoms with van der Waals surface area (Å²) in [6.07, 6.45) is 2.00. The lowest BCUT2D eigenvalue weighted by Gasteiger charge is -2.09. The summed E-state index contributed by atoms with van der Waals surface area (Å²) in [5.41, 5.74) is 2.58. The highest BCUT2D eigenvalue weighted by atomic mass is 35.5. The van der Waals surface area contributed by atoms with E-state index in [0.717, 1.165) is 21.1 Å². The number of carbonyl (C=O) groups is 1. The monoisotopic (exact) mass is 451 g/mol. The smallest absolute Gasteiger partial charge is 0.266 e. The number of amides is 1. The maximum Gasteiger partial charge on any atom is 0.266 e. The van der Waals surface area contributed by atoms with Crippen molar-refractivity contribution in [3.8, 4) is 22.6 Å². The van der Waals surface area contributed by atoms with Crippen molar-refractivity contribution in [3.63, 3.8) is 0 Å². The molecule has 0 saturated heterocycles. The van der Waals surface area contributed by atoms with Crippen LogP contribution in [0.5, 0.6) is 11.5 Å². The minimum atomic E-state index is -0.137. The SMILES string of the molecule is CSc1cc(-c2ccc(Cl)cc2)c(C(=O)Nc2ccc(Oc3ccccc3)cc2)s1. The van der Waals surface area contributed by atoms with Crippen molar-refractivity contribution in [2.45, 2.75) is 4.21 Å². The van der Waals surface area contributed by atoms with Crippen molar-refractivity contribution < 1.29 is 9.53 Å². The number of para-hydroxylation sites is 1. The van der Waals surface area contributed by atoms with Gasteiger partial charge in [0, 0.05) is 16.3 Å². The van der Waals surface area contributed by atoms with Crippen LogP contribution < -0.4 is 10.1 Å². The number of anilines is 1. The molecule has 0 bridgehead atoms. The summed E-state index contributed by atoms with van der Waals surface area (Å²) in [6, 6.07) is 26.5. The molecule has 3 aromatic carbocycles. The Morgan fingerprint density at radius 2 is 1.60 bits per heavy atom. The third-order valence-electron chi connectivity index (χ3n) is 4.36. The van der Waals surface area contributed by atoms with E-state index in [2.05, 4.69) is 5.32 Å². The van der Waals surface area contributed by atoms with Crippen LogP contribution in [0.4, 0.5) is 5.69 Å². The number of rotatable bonds is 6. The lowest BCUT2D eigenvalue weighted by molar-refractivity contribution is 0.103. The van der Waals surface area contributed by atoms with E-state index in [0.29, 0.717) is 21.3 Å². The van der Waals surface area contributed by atoms with Gasteiger partial charge in [-0.25, -0.2) is 0 Å². The third kappa shape index (κ3) is 4.87. The largest absolute Gasteiger partial charge is 0.457 e. The van der Waals surface area contributed by atoms with Gasteiger partial charge in [-0.05, 0) is 66.4 Å². The fourth-order valence-electron chi connectivity index (χ4n) is 2.90. The Bertz CT molecular complexity index is 1140. The van der Waals surface area contributed by atoms with Crippen LogP contribution in [0.25, 0.3) is 11.1 Å². The van der Waals surface area contributed by atoms with Gasteiger partial charge >= 0.3 is 0 Å². The van der Waals surface area contributed by atoms with Gasteiger partial charge < -0.3 is 10.1 Å². The summed E-state index contributed by atoms with van der Waals surface area (Å²) in [5, 5.41) is 3.66. The molecule has 30 heavy (non-hydrogen) atoms. The van der Waals surface area contributed by atoms with E-state index >= 15 is 0 Å². The molecule has 0 spiro atoms. The van der Waals surface area contributed by atoms with Crippen molar-refractivity contribution in [1.29, 1.82) is 0 Å². The number of carbonyl (C=O) groups excluding carboxylic acids is 1. The highest BCUT2D eigenvalue weighted by Gasteiger charge is 2.18. The first-order valence-electron chi connectivity index (χ1n) is 9.20. The number of thioether (sulfide) groups is 1. The van der Waals surface area contributed by atoms with E-state index in [9.17, 15) is 4.79 Å². The second-order valence-corrected chi connectivity index (χ2v) is 9.01. The Morgan fingerprint density at radius 3 is 2.27 bits per heavy atom. The van der Waals surface area contributed by atoms with Crippen molar-refractivity contribution in [2.24, 2.45) is 0 Å². The molecule has 0 saturated carbocycles. The van der Waals surface area contributed by atoms with Gasteiger partial charge in [-0.1, -0.05) is 41.9 Å². The maximum absolute atomic E-state index is 13.0. The molecule has 0 aliphatic rings. The summed E-state index contributed by atoms with van der Waals surface area (Å²) >= 11 is 9.12. The molecular formula is C24H18ClNO2S2. The molecule has 4 aromatic rings. The predicted molar refractivity (Wildman–Crippen MR) is 127 cm³/mol. The minimum absolute atomic E-state index is 0.137. The Labute approximate surface area is 188 Å². The van der Waals surface area contributed by atoms with E-state index < -0.39 is 0 Å². The Balaban J connectivity index is 1.52. The lowest BCUT2D eigenvalue weighted by atomic mass is 10.1. The number of ether oxygens (including phenoxy) is 1. The number of nitrogens with one attached hydrogen (secondary N) is 1. The zero-order chi connectivity index (χ0) is 20.9. The van der Waals surface area contributed by atoms with Crippen molar-refractivity contribution in [3.05, 3.63) is 94.8 Å². The van der Waals surface area contributed by atoms with E-state index in [1.165, 1.54) is 11.3 Å². The van der Waals surface area contributed by atoms with E-state index in [1.54, 1.807) is 11.8 Å². The molecule has 0 aliphatic carbocycles. The van der Waals surface area contributed by atoms with E-state index in [-0.39, 0.29) is 5.91 Å². The van der Waals surface area contributed by atoms with Crippen LogP contribution >= 0.6 is 34.7 Å². The van der Waals surface area contributed by atoms with Crippen LogP contribution in [0.1, 0.15) is 9.67 Å². The van der Waals surface area contributed by atoms with Crippen LogP contribution in [-0.2, 0) is 0 Å². The molecule has 1 heterocycles. The Kier molecular flexibility index (Phi) is 6.43. The molecule has 150 valence electrons. The summed E-state index contributed by atoms with van der Waals surface area (Å²) < 4.78 is 6.88. The van der Waals surface area contributed by atoms with Crippen molar-refractivity contribution in [2.75, 3.05) is 11.6 Å². The maximum atomic E-state index is 13.0. The van der Waals surface area contributed by atoms with Gasteiger partial charge in [0.1, 0.15) is 16.4 Å².